The van der Waals surface area contributed by atoms with Gasteiger partial charge in [0.2, 0.25) is 0 Å². The second kappa shape index (κ2) is 8.46. The molecule has 0 aliphatic heterocycles. The fourth-order valence-corrected chi connectivity index (χ4v) is 4.07. The predicted molar refractivity (Wildman–Crippen MR) is 114 cm³/mol. The number of carbonyl (C=O) groups is 1. The minimum Gasteiger partial charge on any atom is -0.463 e. The molecule has 0 aliphatic rings. The number of nitrogens with zero attached hydrogens (tertiary/aromatic N) is 3. The fourth-order valence-electron chi connectivity index (χ4n) is 3.15. The molecule has 0 aliphatic carbocycles. The quantitative estimate of drug-likeness (QED) is 0.499. The molecule has 1 atom stereocenters. The average Bonchev–Trinajstić information content (AvgIpc) is 3.49. The Morgan fingerprint density at radius 2 is 2.00 bits per heavy atom. The van der Waals surface area contributed by atoms with Crippen molar-refractivity contribution in [2.24, 2.45) is 0 Å². The van der Waals surface area contributed by atoms with Crippen LogP contribution in [0, 0.1) is 0 Å². The molecule has 0 saturated carbocycles. The Labute approximate surface area is 173 Å². The van der Waals surface area contributed by atoms with Gasteiger partial charge in [-0.05, 0) is 49.8 Å². The second-order valence-corrected chi connectivity index (χ2v) is 7.82. The smallest absolute Gasteiger partial charge is 0.270 e. The highest BCUT2D eigenvalue weighted by Crippen LogP contribution is 2.24. The summed E-state index contributed by atoms with van der Waals surface area (Å²) in [7, 11) is 4.03. The second-order valence-electron chi connectivity index (χ2n) is 6.84. The number of nitrogens with one attached hydrogen (secondary N) is 1. The zero-order valence-electron chi connectivity index (χ0n) is 16.3. The van der Waals surface area contributed by atoms with Crippen LogP contribution in [0.3, 0.4) is 0 Å². The Bertz CT molecular complexity index is 1050. The van der Waals surface area contributed by atoms with Gasteiger partial charge in [0.25, 0.3) is 5.91 Å². The number of likely N-dealkylation sites (N-methyl/N-ethyl adjacent to an activating group) is 1. The maximum atomic E-state index is 13.1. The maximum Gasteiger partial charge on any atom is 0.270 e. The van der Waals surface area contributed by atoms with E-state index in [1.54, 1.807) is 34.4 Å². The number of thiophene rings is 1. The molecule has 1 amide bonds. The summed E-state index contributed by atoms with van der Waals surface area (Å²) in [5.41, 5.74) is 1.90. The van der Waals surface area contributed by atoms with Crippen molar-refractivity contribution in [3.63, 3.8) is 0 Å². The number of aromatic nitrogens is 2. The van der Waals surface area contributed by atoms with Crippen LogP contribution in [0.1, 0.15) is 21.4 Å². The van der Waals surface area contributed by atoms with Crippen molar-refractivity contribution < 1.29 is 9.21 Å². The molecule has 0 spiro atoms. The fraction of sp³-hybridized carbons (Fsp3) is 0.182. The zero-order valence-corrected chi connectivity index (χ0v) is 17.1. The normalized spacial score (nSPS) is 12.2. The molecule has 3 aromatic heterocycles. The van der Waals surface area contributed by atoms with Crippen molar-refractivity contribution >= 4 is 17.2 Å². The van der Waals surface area contributed by atoms with Crippen molar-refractivity contribution in [2.75, 3.05) is 20.6 Å². The maximum absolute atomic E-state index is 13.1. The Hall–Kier alpha value is -3.16. The molecule has 1 unspecified atom stereocenters. The lowest BCUT2D eigenvalue weighted by Crippen LogP contribution is -2.35. The van der Waals surface area contributed by atoms with Gasteiger partial charge in [-0.3, -0.25) is 4.79 Å². The minimum atomic E-state index is -0.178. The van der Waals surface area contributed by atoms with Crippen LogP contribution in [0.15, 0.2) is 76.7 Å². The van der Waals surface area contributed by atoms with Gasteiger partial charge in [-0.15, -0.1) is 11.3 Å². The van der Waals surface area contributed by atoms with Crippen molar-refractivity contribution in [2.45, 2.75) is 6.04 Å². The molecule has 7 heteroatoms. The number of benzene rings is 1. The largest absolute Gasteiger partial charge is 0.463 e. The predicted octanol–water partition coefficient (Wildman–Crippen LogP) is 4.23. The number of rotatable bonds is 7. The number of hydrogen-bond acceptors (Lipinski definition) is 5. The van der Waals surface area contributed by atoms with Crippen molar-refractivity contribution in [1.82, 2.24) is 20.0 Å². The number of hydrogen-bond donors (Lipinski definition) is 1. The summed E-state index contributed by atoms with van der Waals surface area (Å²) in [4.78, 5) is 16.4. The van der Waals surface area contributed by atoms with Crippen LogP contribution < -0.4 is 5.32 Å². The number of furan rings is 1. The minimum absolute atomic E-state index is 0.108. The van der Waals surface area contributed by atoms with Crippen LogP contribution >= 0.6 is 11.3 Å². The van der Waals surface area contributed by atoms with Gasteiger partial charge in [0.1, 0.15) is 11.4 Å². The first-order chi connectivity index (χ1) is 14.1. The molecule has 148 valence electrons. The topological polar surface area (TPSA) is 63.3 Å². The summed E-state index contributed by atoms with van der Waals surface area (Å²) in [5, 5.41) is 9.73. The molecule has 0 saturated heterocycles. The SMILES string of the molecule is CN(C)C(CNC(=O)c1cc(-c2ccco2)nn1-c1ccccc1)c1cccs1. The third-order valence-corrected chi connectivity index (χ3v) is 5.64. The van der Waals surface area contributed by atoms with E-state index in [9.17, 15) is 4.79 Å². The van der Waals surface area contributed by atoms with Crippen LogP contribution in [0.4, 0.5) is 0 Å². The summed E-state index contributed by atoms with van der Waals surface area (Å²) in [6, 6.07) is 19.2. The lowest BCUT2D eigenvalue weighted by Gasteiger charge is -2.23. The van der Waals surface area contributed by atoms with E-state index < -0.39 is 0 Å². The van der Waals surface area contributed by atoms with Gasteiger partial charge < -0.3 is 14.6 Å². The lowest BCUT2D eigenvalue weighted by atomic mass is 10.2. The third-order valence-electron chi connectivity index (χ3n) is 4.67. The van der Waals surface area contributed by atoms with E-state index >= 15 is 0 Å². The molecule has 1 N–H and O–H groups in total. The van der Waals surface area contributed by atoms with Gasteiger partial charge in [0.05, 0.1) is 18.0 Å². The Morgan fingerprint density at radius 3 is 2.66 bits per heavy atom. The third kappa shape index (κ3) is 4.16. The summed E-state index contributed by atoms with van der Waals surface area (Å²) in [6.07, 6.45) is 1.60. The van der Waals surface area contributed by atoms with Gasteiger partial charge in [-0.25, -0.2) is 4.68 Å². The van der Waals surface area contributed by atoms with Crippen LogP contribution in [-0.4, -0.2) is 41.2 Å². The molecular formula is C22H22N4O2S. The van der Waals surface area contributed by atoms with Crippen LogP contribution in [-0.2, 0) is 0 Å². The molecule has 4 rings (SSSR count). The van der Waals surface area contributed by atoms with E-state index in [2.05, 4.69) is 21.4 Å². The highest BCUT2D eigenvalue weighted by atomic mass is 32.1. The van der Waals surface area contributed by atoms with Crippen LogP contribution in [0.5, 0.6) is 0 Å². The van der Waals surface area contributed by atoms with Crippen molar-refractivity contribution in [3.05, 3.63) is 82.9 Å². The van der Waals surface area contributed by atoms with E-state index in [-0.39, 0.29) is 11.9 Å². The highest BCUT2D eigenvalue weighted by molar-refractivity contribution is 7.10. The van der Waals surface area contributed by atoms with Crippen LogP contribution in [0.2, 0.25) is 0 Å². The molecule has 3 heterocycles. The highest BCUT2D eigenvalue weighted by Gasteiger charge is 2.21. The van der Waals surface area contributed by atoms with Gasteiger partial charge in [-0.1, -0.05) is 24.3 Å². The monoisotopic (exact) mass is 406 g/mol. The Morgan fingerprint density at radius 1 is 1.17 bits per heavy atom. The molecular weight excluding hydrogens is 384 g/mol. The Balaban J connectivity index is 1.62. The molecule has 6 nitrogen and oxygen atoms in total. The van der Waals surface area contributed by atoms with E-state index in [1.807, 2.05) is 61.9 Å². The van der Waals surface area contributed by atoms with Gasteiger partial charge in [0, 0.05) is 17.5 Å². The van der Waals surface area contributed by atoms with E-state index in [1.165, 1.54) is 4.88 Å². The first kappa shape index (κ1) is 19.2. The average molecular weight is 407 g/mol. The number of amides is 1. The molecule has 1 aromatic carbocycles. The summed E-state index contributed by atoms with van der Waals surface area (Å²) >= 11 is 1.69. The Kier molecular flexibility index (Phi) is 5.59. The summed E-state index contributed by atoms with van der Waals surface area (Å²) in [6.45, 7) is 0.502. The lowest BCUT2D eigenvalue weighted by molar-refractivity contribution is 0.0934. The first-order valence-corrected chi connectivity index (χ1v) is 10.2. The van der Waals surface area contributed by atoms with E-state index in [0.29, 0.717) is 23.7 Å². The van der Waals surface area contributed by atoms with Crippen LogP contribution in [0.25, 0.3) is 17.1 Å². The van der Waals surface area contributed by atoms with E-state index in [0.717, 1.165) is 5.69 Å². The number of para-hydroxylation sites is 1. The molecule has 4 aromatic rings. The molecule has 0 radical (unpaired) electrons. The molecule has 0 fully saturated rings. The summed E-state index contributed by atoms with van der Waals surface area (Å²) in [5.74, 6) is 0.445. The zero-order chi connectivity index (χ0) is 20.2. The van der Waals surface area contributed by atoms with Gasteiger partial charge in [-0.2, -0.15) is 5.10 Å². The summed E-state index contributed by atoms with van der Waals surface area (Å²) < 4.78 is 7.13. The standard InChI is InChI=1S/C22H22N4O2S/c1-25(2)19(21-11-7-13-29-21)15-23-22(27)18-14-17(20-10-6-12-28-20)24-26(18)16-8-4-3-5-9-16/h3-14,19H,15H2,1-2H3,(H,23,27). The number of carbonyl (C=O) groups excluding carboxylic acids is 1. The van der Waals surface area contributed by atoms with Crippen molar-refractivity contribution in [1.29, 1.82) is 0 Å². The van der Waals surface area contributed by atoms with Crippen molar-refractivity contribution in [3.8, 4) is 17.1 Å². The van der Waals surface area contributed by atoms with E-state index in [4.69, 9.17) is 4.42 Å². The molecule has 0 bridgehead atoms. The van der Waals surface area contributed by atoms with Gasteiger partial charge in [0.15, 0.2) is 5.76 Å². The van der Waals surface area contributed by atoms with Gasteiger partial charge >= 0.3 is 0 Å². The first-order valence-electron chi connectivity index (χ1n) is 9.31. The molecule has 29 heavy (non-hydrogen) atoms.